The highest BCUT2D eigenvalue weighted by Gasteiger charge is 2.23. The fourth-order valence-corrected chi connectivity index (χ4v) is 2.63. The van der Waals surface area contributed by atoms with E-state index in [-0.39, 0.29) is 17.0 Å². The van der Waals surface area contributed by atoms with Crippen molar-refractivity contribution in [3.8, 4) is 0 Å². The van der Waals surface area contributed by atoms with Gasteiger partial charge in [-0.15, -0.1) is 17.0 Å². The summed E-state index contributed by atoms with van der Waals surface area (Å²) in [4.78, 5) is 0. The van der Waals surface area contributed by atoms with Gasteiger partial charge in [0.1, 0.15) is 0 Å². The Morgan fingerprint density at radius 1 is 0.789 bits per heavy atom. The van der Waals surface area contributed by atoms with Gasteiger partial charge in [0.2, 0.25) is 0 Å². The van der Waals surface area contributed by atoms with Gasteiger partial charge in [-0.05, 0) is 18.3 Å². The Bertz CT molecular complexity index is 180. The molecule has 0 radical (unpaired) electrons. The van der Waals surface area contributed by atoms with Crippen molar-refractivity contribution >= 4 is 17.0 Å². The lowest BCUT2D eigenvalue weighted by molar-refractivity contribution is 0.247. The standard InChI is InChI=1S/C17H37N.BrH/c1-5-7-8-9-10-11-12-13-14-15-17(3,4)16(18)6-2;/h16H,5-15,18H2,1-4H3;1H. The molecule has 0 aromatic heterocycles. The third kappa shape index (κ3) is 11.9. The molecule has 1 atom stereocenters. The predicted molar refractivity (Wildman–Crippen MR) is 94.2 cm³/mol. The minimum absolute atomic E-state index is 0. The molecule has 19 heavy (non-hydrogen) atoms. The Kier molecular flexibility index (Phi) is 15.4. The Morgan fingerprint density at radius 2 is 1.21 bits per heavy atom. The maximum absolute atomic E-state index is 6.16. The normalized spacial score (nSPS) is 13.1. The number of rotatable bonds is 12. The summed E-state index contributed by atoms with van der Waals surface area (Å²) in [5.74, 6) is 0. The Morgan fingerprint density at radius 3 is 1.63 bits per heavy atom. The molecular weight excluding hydrogens is 298 g/mol. The minimum atomic E-state index is 0. The smallest absolute Gasteiger partial charge is 0.00876 e. The van der Waals surface area contributed by atoms with E-state index in [4.69, 9.17) is 5.73 Å². The molecule has 2 heteroatoms. The lowest BCUT2D eigenvalue weighted by atomic mass is 9.79. The van der Waals surface area contributed by atoms with Gasteiger partial charge in [0, 0.05) is 6.04 Å². The van der Waals surface area contributed by atoms with E-state index in [9.17, 15) is 0 Å². The van der Waals surface area contributed by atoms with Crippen molar-refractivity contribution in [3.05, 3.63) is 0 Å². The number of hydrogen-bond acceptors (Lipinski definition) is 1. The molecule has 2 N–H and O–H groups in total. The van der Waals surface area contributed by atoms with Crippen molar-refractivity contribution in [1.29, 1.82) is 0 Å². The number of hydrogen-bond donors (Lipinski definition) is 1. The first kappa shape index (κ1) is 21.7. The highest BCUT2D eigenvalue weighted by molar-refractivity contribution is 8.93. The lowest BCUT2D eigenvalue weighted by Gasteiger charge is -2.31. The molecule has 0 saturated carbocycles. The van der Waals surface area contributed by atoms with E-state index in [2.05, 4.69) is 27.7 Å². The number of unbranched alkanes of at least 4 members (excludes halogenated alkanes) is 8. The molecule has 0 aromatic carbocycles. The van der Waals surface area contributed by atoms with E-state index < -0.39 is 0 Å². The fourth-order valence-electron chi connectivity index (χ4n) is 2.63. The van der Waals surface area contributed by atoms with Crippen LogP contribution in [0.4, 0.5) is 0 Å². The zero-order valence-electron chi connectivity index (χ0n) is 13.8. The molecule has 0 aromatic rings. The number of halogens is 1. The Labute approximate surface area is 132 Å². The molecule has 0 fully saturated rings. The van der Waals surface area contributed by atoms with E-state index in [1.54, 1.807) is 0 Å². The van der Waals surface area contributed by atoms with E-state index in [1.165, 1.54) is 64.2 Å². The van der Waals surface area contributed by atoms with E-state index in [0.29, 0.717) is 11.5 Å². The third-order valence-corrected chi connectivity index (χ3v) is 4.37. The van der Waals surface area contributed by atoms with Crippen LogP contribution in [0.3, 0.4) is 0 Å². The van der Waals surface area contributed by atoms with Gasteiger partial charge in [-0.2, -0.15) is 0 Å². The molecule has 0 bridgehead atoms. The topological polar surface area (TPSA) is 26.0 Å². The van der Waals surface area contributed by atoms with Crippen LogP contribution >= 0.6 is 17.0 Å². The largest absolute Gasteiger partial charge is 0.327 e. The van der Waals surface area contributed by atoms with Crippen molar-refractivity contribution in [3.63, 3.8) is 0 Å². The Balaban J connectivity index is 0. The van der Waals surface area contributed by atoms with Crippen molar-refractivity contribution in [2.75, 3.05) is 0 Å². The summed E-state index contributed by atoms with van der Waals surface area (Å²) in [5.41, 5.74) is 6.49. The van der Waals surface area contributed by atoms with Crippen LogP contribution in [0.1, 0.15) is 98.3 Å². The molecule has 0 rings (SSSR count). The summed E-state index contributed by atoms with van der Waals surface area (Å²) in [6.07, 6.45) is 15.1. The Hall–Kier alpha value is 0.440. The summed E-state index contributed by atoms with van der Waals surface area (Å²) in [7, 11) is 0. The van der Waals surface area contributed by atoms with Crippen LogP contribution in [-0.2, 0) is 0 Å². The summed E-state index contributed by atoms with van der Waals surface area (Å²) in [5, 5.41) is 0. The summed E-state index contributed by atoms with van der Waals surface area (Å²) < 4.78 is 0. The first-order valence-corrected chi connectivity index (χ1v) is 8.30. The van der Waals surface area contributed by atoms with Crippen LogP contribution in [0.15, 0.2) is 0 Å². The second kappa shape index (κ2) is 13.4. The maximum Gasteiger partial charge on any atom is 0.00876 e. The summed E-state index contributed by atoms with van der Waals surface area (Å²) >= 11 is 0. The highest BCUT2D eigenvalue weighted by atomic mass is 79.9. The molecule has 0 aliphatic heterocycles. The molecule has 0 aliphatic rings. The molecule has 0 saturated heterocycles. The van der Waals surface area contributed by atoms with Gasteiger partial charge >= 0.3 is 0 Å². The monoisotopic (exact) mass is 335 g/mol. The van der Waals surface area contributed by atoms with Gasteiger partial charge in [-0.25, -0.2) is 0 Å². The SMILES string of the molecule is Br.CCCCCCCCCCCC(C)(C)C(N)CC. The van der Waals surface area contributed by atoms with E-state index in [0.717, 1.165) is 6.42 Å². The van der Waals surface area contributed by atoms with Crippen LogP contribution in [-0.4, -0.2) is 6.04 Å². The molecule has 0 spiro atoms. The zero-order chi connectivity index (χ0) is 13.9. The maximum atomic E-state index is 6.16. The van der Waals surface area contributed by atoms with Gasteiger partial charge in [-0.1, -0.05) is 85.5 Å². The molecule has 0 heterocycles. The van der Waals surface area contributed by atoms with Gasteiger partial charge in [0.05, 0.1) is 0 Å². The molecular formula is C17H38BrN. The minimum Gasteiger partial charge on any atom is -0.327 e. The average Bonchev–Trinajstić information content (AvgIpc) is 2.35. The fraction of sp³-hybridized carbons (Fsp3) is 1.00. The van der Waals surface area contributed by atoms with Gasteiger partial charge < -0.3 is 5.73 Å². The second-order valence-corrected chi connectivity index (χ2v) is 6.58. The van der Waals surface area contributed by atoms with Crippen molar-refractivity contribution < 1.29 is 0 Å². The molecule has 0 aliphatic carbocycles. The van der Waals surface area contributed by atoms with Gasteiger partial charge in [0.15, 0.2) is 0 Å². The zero-order valence-corrected chi connectivity index (χ0v) is 15.6. The van der Waals surface area contributed by atoms with Crippen LogP contribution in [0.5, 0.6) is 0 Å². The average molecular weight is 336 g/mol. The third-order valence-electron chi connectivity index (χ3n) is 4.37. The van der Waals surface area contributed by atoms with Crippen molar-refractivity contribution in [2.45, 2.75) is 104 Å². The number of nitrogens with two attached hydrogens (primary N) is 1. The predicted octanol–water partition coefficient (Wildman–Crippen LogP) is 6.25. The van der Waals surface area contributed by atoms with Crippen LogP contribution < -0.4 is 5.73 Å². The quantitative estimate of drug-likeness (QED) is 0.419. The highest BCUT2D eigenvalue weighted by Crippen LogP contribution is 2.28. The molecule has 118 valence electrons. The summed E-state index contributed by atoms with van der Waals surface area (Å²) in [6.45, 7) is 9.13. The lowest BCUT2D eigenvalue weighted by Crippen LogP contribution is -2.36. The molecule has 1 unspecified atom stereocenters. The molecule has 1 nitrogen and oxygen atoms in total. The van der Waals surface area contributed by atoms with Crippen LogP contribution in [0, 0.1) is 5.41 Å². The first-order chi connectivity index (χ1) is 8.54. The van der Waals surface area contributed by atoms with Crippen molar-refractivity contribution in [1.82, 2.24) is 0 Å². The van der Waals surface area contributed by atoms with Crippen LogP contribution in [0.2, 0.25) is 0 Å². The van der Waals surface area contributed by atoms with E-state index >= 15 is 0 Å². The van der Waals surface area contributed by atoms with Crippen molar-refractivity contribution in [2.24, 2.45) is 11.1 Å². The first-order valence-electron chi connectivity index (χ1n) is 8.30. The molecule has 0 amide bonds. The summed E-state index contributed by atoms with van der Waals surface area (Å²) in [6, 6.07) is 0.367. The second-order valence-electron chi connectivity index (χ2n) is 6.58. The van der Waals surface area contributed by atoms with Gasteiger partial charge in [0.25, 0.3) is 0 Å². The van der Waals surface area contributed by atoms with E-state index in [1.807, 2.05) is 0 Å². The van der Waals surface area contributed by atoms with Gasteiger partial charge in [-0.3, -0.25) is 0 Å². The van der Waals surface area contributed by atoms with Crippen LogP contribution in [0.25, 0.3) is 0 Å².